The van der Waals surface area contributed by atoms with Crippen molar-refractivity contribution < 1.29 is 4.52 Å². The highest BCUT2D eigenvalue weighted by molar-refractivity contribution is 5.58. The van der Waals surface area contributed by atoms with Crippen LogP contribution in [0.3, 0.4) is 0 Å². The summed E-state index contributed by atoms with van der Waals surface area (Å²) >= 11 is 0. The minimum atomic E-state index is 0.544. The van der Waals surface area contributed by atoms with Crippen LogP contribution in [-0.2, 0) is 13.5 Å². The van der Waals surface area contributed by atoms with E-state index in [1.165, 1.54) is 12.8 Å². The predicted molar refractivity (Wildman–Crippen MR) is 94.1 cm³/mol. The number of anilines is 1. The molecule has 0 spiro atoms. The van der Waals surface area contributed by atoms with Crippen LogP contribution in [0.15, 0.2) is 35.2 Å². The molecule has 0 radical (unpaired) electrons. The van der Waals surface area contributed by atoms with Gasteiger partial charge in [0, 0.05) is 50.7 Å². The van der Waals surface area contributed by atoms with Gasteiger partial charge in [-0.1, -0.05) is 5.16 Å². The molecule has 0 amide bonds. The zero-order valence-electron chi connectivity index (χ0n) is 14.6. The second-order valence-corrected chi connectivity index (χ2v) is 6.66. The Balaban J connectivity index is 1.50. The maximum atomic E-state index is 5.28. The second-order valence-electron chi connectivity index (χ2n) is 6.66. The molecule has 1 atom stereocenters. The summed E-state index contributed by atoms with van der Waals surface area (Å²) < 4.78 is 7.39. The van der Waals surface area contributed by atoms with E-state index in [-0.39, 0.29) is 0 Å². The second kappa shape index (κ2) is 6.66. The number of hydrogen-bond acceptors (Lipinski definition) is 6. The lowest BCUT2D eigenvalue weighted by Gasteiger charge is -2.33. The summed E-state index contributed by atoms with van der Waals surface area (Å²) in [5.41, 5.74) is 0.914. The van der Waals surface area contributed by atoms with Crippen LogP contribution >= 0.6 is 0 Å². The lowest BCUT2D eigenvalue weighted by atomic mass is 9.94. The Morgan fingerprint density at radius 2 is 2.20 bits per heavy atom. The van der Waals surface area contributed by atoms with Crippen molar-refractivity contribution >= 4 is 5.82 Å². The topological polar surface area (TPSA) is 72.9 Å². The molecule has 4 rings (SSSR count). The molecule has 25 heavy (non-hydrogen) atoms. The van der Waals surface area contributed by atoms with Crippen molar-refractivity contribution in [2.24, 2.45) is 13.0 Å². The Hall–Kier alpha value is -2.70. The average Bonchev–Trinajstić information content (AvgIpc) is 3.24. The molecule has 130 valence electrons. The van der Waals surface area contributed by atoms with E-state index in [1.807, 2.05) is 37.6 Å². The van der Waals surface area contributed by atoms with Gasteiger partial charge < -0.3 is 14.0 Å². The summed E-state index contributed by atoms with van der Waals surface area (Å²) in [5.74, 6) is 3.89. The Morgan fingerprint density at radius 3 is 2.96 bits per heavy atom. The van der Waals surface area contributed by atoms with Crippen LogP contribution in [0.2, 0.25) is 0 Å². The number of pyridine rings is 1. The van der Waals surface area contributed by atoms with E-state index in [1.54, 1.807) is 0 Å². The van der Waals surface area contributed by atoms with Crippen LogP contribution in [0, 0.1) is 12.8 Å². The Morgan fingerprint density at radius 1 is 1.28 bits per heavy atom. The average molecular weight is 338 g/mol. The fraction of sp³-hybridized carbons (Fsp3) is 0.444. The van der Waals surface area contributed by atoms with Gasteiger partial charge in [-0.2, -0.15) is 4.98 Å². The third-order valence-corrected chi connectivity index (χ3v) is 4.76. The molecular formula is C18H22N6O. The fourth-order valence-corrected chi connectivity index (χ4v) is 3.43. The van der Waals surface area contributed by atoms with Crippen LogP contribution in [0.5, 0.6) is 0 Å². The molecular weight excluding hydrogens is 316 g/mol. The molecule has 7 heteroatoms. The standard InChI is InChI=1S/C18H22N6O/c1-13-21-18(25-22-13)15-5-6-19-17(11-15)24-8-3-4-14(12-24)10-16-20-7-9-23(16)2/h5-7,9,11,14H,3-4,8,10,12H2,1-2H3/t14-/m1/s1. The number of rotatable bonds is 4. The van der Waals surface area contributed by atoms with Gasteiger partial charge in [0.25, 0.3) is 5.89 Å². The first-order chi connectivity index (χ1) is 12.2. The van der Waals surface area contributed by atoms with E-state index >= 15 is 0 Å². The van der Waals surface area contributed by atoms with E-state index in [0.717, 1.165) is 36.7 Å². The highest BCUT2D eigenvalue weighted by Crippen LogP contribution is 2.26. The lowest BCUT2D eigenvalue weighted by molar-refractivity contribution is 0.401. The van der Waals surface area contributed by atoms with Gasteiger partial charge in [-0.25, -0.2) is 9.97 Å². The Labute approximate surface area is 146 Å². The molecule has 0 aromatic carbocycles. The highest BCUT2D eigenvalue weighted by atomic mass is 16.5. The largest absolute Gasteiger partial charge is 0.356 e. The van der Waals surface area contributed by atoms with E-state index < -0.39 is 0 Å². The first-order valence-corrected chi connectivity index (χ1v) is 8.67. The maximum Gasteiger partial charge on any atom is 0.258 e. The maximum absolute atomic E-state index is 5.28. The Bertz CT molecular complexity index is 855. The van der Waals surface area contributed by atoms with Crippen LogP contribution in [-0.4, -0.2) is 37.8 Å². The van der Waals surface area contributed by atoms with Gasteiger partial charge in [-0.05, 0) is 37.8 Å². The van der Waals surface area contributed by atoms with Crippen molar-refractivity contribution in [3.05, 3.63) is 42.4 Å². The van der Waals surface area contributed by atoms with Gasteiger partial charge in [-0.15, -0.1) is 0 Å². The van der Waals surface area contributed by atoms with E-state index in [2.05, 4.69) is 36.6 Å². The van der Waals surface area contributed by atoms with Gasteiger partial charge in [0.1, 0.15) is 11.6 Å². The van der Waals surface area contributed by atoms with Crippen molar-refractivity contribution in [2.75, 3.05) is 18.0 Å². The first-order valence-electron chi connectivity index (χ1n) is 8.67. The summed E-state index contributed by atoms with van der Waals surface area (Å²) in [4.78, 5) is 15.7. The van der Waals surface area contributed by atoms with Crippen molar-refractivity contribution in [1.82, 2.24) is 24.7 Å². The third-order valence-electron chi connectivity index (χ3n) is 4.76. The molecule has 3 aromatic rings. The van der Waals surface area contributed by atoms with Crippen molar-refractivity contribution in [1.29, 1.82) is 0 Å². The summed E-state index contributed by atoms with van der Waals surface area (Å²) in [6.45, 7) is 3.84. The molecule has 1 saturated heterocycles. The van der Waals surface area contributed by atoms with E-state index in [0.29, 0.717) is 17.6 Å². The third kappa shape index (κ3) is 3.40. The van der Waals surface area contributed by atoms with Gasteiger partial charge in [-0.3, -0.25) is 0 Å². The molecule has 4 heterocycles. The number of hydrogen-bond donors (Lipinski definition) is 0. The number of aryl methyl sites for hydroxylation is 2. The fourth-order valence-electron chi connectivity index (χ4n) is 3.43. The predicted octanol–water partition coefficient (Wildman–Crippen LogP) is 2.63. The van der Waals surface area contributed by atoms with Crippen molar-refractivity contribution in [3.8, 4) is 11.5 Å². The zero-order chi connectivity index (χ0) is 17.2. The molecule has 7 nitrogen and oxygen atoms in total. The monoisotopic (exact) mass is 338 g/mol. The molecule has 3 aromatic heterocycles. The van der Waals surface area contributed by atoms with E-state index in [4.69, 9.17) is 4.52 Å². The molecule has 0 unspecified atom stereocenters. The Kier molecular flexibility index (Phi) is 4.21. The number of aromatic nitrogens is 5. The number of nitrogens with zero attached hydrogens (tertiary/aromatic N) is 6. The smallest absolute Gasteiger partial charge is 0.258 e. The minimum Gasteiger partial charge on any atom is -0.356 e. The van der Waals surface area contributed by atoms with Gasteiger partial charge in [0.2, 0.25) is 0 Å². The zero-order valence-corrected chi connectivity index (χ0v) is 14.6. The molecule has 0 aliphatic carbocycles. The lowest BCUT2D eigenvalue weighted by Crippen LogP contribution is -2.37. The molecule has 1 aliphatic rings. The normalized spacial score (nSPS) is 17.8. The molecule has 0 saturated carbocycles. The van der Waals surface area contributed by atoms with Crippen LogP contribution in [0.4, 0.5) is 5.82 Å². The van der Waals surface area contributed by atoms with Gasteiger partial charge in [0.15, 0.2) is 5.82 Å². The molecule has 0 N–H and O–H groups in total. The number of imidazole rings is 1. The summed E-state index contributed by atoms with van der Waals surface area (Å²) in [7, 11) is 2.06. The van der Waals surface area contributed by atoms with Gasteiger partial charge >= 0.3 is 0 Å². The van der Waals surface area contributed by atoms with Crippen molar-refractivity contribution in [2.45, 2.75) is 26.2 Å². The number of piperidine rings is 1. The van der Waals surface area contributed by atoms with Crippen LogP contribution < -0.4 is 4.90 Å². The molecule has 1 fully saturated rings. The summed E-state index contributed by atoms with van der Waals surface area (Å²) in [5, 5.41) is 3.87. The molecule has 1 aliphatic heterocycles. The van der Waals surface area contributed by atoms with Gasteiger partial charge in [0.05, 0.1) is 0 Å². The highest BCUT2D eigenvalue weighted by Gasteiger charge is 2.23. The van der Waals surface area contributed by atoms with Crippen LogP contribution in [0.25, 0.3) is 11.5 Å². The van der Waals surface area contributed by atoms with E-state index in [9.17, 15) is 0 Å². The quantitative estimate of drug-likeness (QED) is 0.728. The SMILES string of the molecule is Cc1noc(-c2ccnc(N3CCC[C@H](Cc4nccn4C)C3)c2)n1. The molecule has 0 bridgehead atoms. The summed E-state index contributed by atoms with van der Waals surface area (Å²) in [6.07, 6.45) is 9.09. The first kappa shape index (κ1) is 15.8. The van der Waals surface area contributed by atoms with Crippen molar-refractivity contribution in [3.63, 3.8) is 0 Å². The minimum absolute atomic E-state index is 0.544. The summed E-state index contributed by atoms with van der Waals surface area (Å²) in [6, 6.07) is 3.95. The van der Waals surface area contributed by atoms with Crippen LogP contribution in [0.1, 0.15) is 24.5 Å².